The number of benzene rings is 2. The van der Waals surface area contributed by atoms with Gasteiger partial charge in [0, 0.05) is 18.7 Å². The van der Waals surface area contributed by atoms with Crippen LogP contribution in [0, 0.1) is 0 Å². The van der Waals surface area contributed by atoms with Gasteiger partial charge in [0.25, 0.3) is 5.91 Å². The van der Waals surface area contributed by atoms with E-state index in [0.717, 1.165) is 37.8 Å². The van der Waals surface area contributed by atoms with E-state index in [1.54, 1.807) is 4.68 Å². The first-order valence-electron chi connectivity index (χ1n) is 10.7. The van der Waals surface area contributed by atoms with Gasteiger partial charge in [0.15, 0.2) is 17.3 Å². The highest BCUT2D eigenvalue weighted by molar-refractivity contribution is 5.94. The van der Waals surface area contributed by atoms with Gasteiger partial charge in [0.05, 0.1) is 5.69 Å². The molecule has 2 aromatic carbocycles. The van der Waals surface area contributed by atoms with Crippen LogP contribution >= 0.6 is 0 Å². The molecule has 8 nitrogen and oxygen atoms in total. The van der Waals surface area contributed by atoms with Gasteiger partial charge in [0.2, 0.25) is 0 Å². The molecule has 3 aromatic rings. The SMILES string of the molecule is CN(C(=O)c1ccccc1)C1(c2nnnn2-c2ccc3c(c2)OCCO3)CCCCC1. The summed E-state index contributed by atoms with van der Waals surface area (Å²) < 4.78 is 13.1. The minimum absolute atomic E-state index is 0.0285. The van der Waals surface area contributed by atoms with Gasteiger partial charge >= 0.3 is 0 Å². The fourth-order valence-corrected chi connectivity index (χ4v) is 4.63. The number of carbonyl (C=O) groups is 1. The van der Waals surface area contributed by atoms with Crippen molar-refractivity contribution < 1.29 is 14.3 Å². The van der Waals surface area contributed by atoms with Crippen LogP contribution in [0.1, 0.15) is 48.3 Å². The molecule has 0 spiro atoms. The zero-order valence-corrected chi connectivity index (χ0v) is 17.5. The largest absolute Gasteiger partial charge is 0.486 e. The maximum atomic E-state index is 13.4. The number of amides is 1. The van der Waals surface area contributed by atoms with Crippen molar-refractivity contribution in [1.82, 2.24) is 25.1 Å². The summed E-state index contributed by atoms with van der Waals surface area (Å²) in [5.41, 5.74) is 0.866. The predicted octanol–water partition coefficient (Wildman–Crippen LogP) is 3.37. The first-order valence-corrected chi connectivity index (χ1v) is 10.7. The van der Waals surface area contributed by atoms with Gasteiger partial charge in [-0.3, -0.25) is 4.79 Å². The molecular weight excluding hydrogens is 394 g/mol. The Labute approximate surface area is 180 Å². The van der Waals surface area contributed by atoms with Crippen molar-refractivity contribution in [1.29, 1.82) is 0 Å². The summed E-state index contributed by atoms with van der Waals surface area (Å²) in [6.45, 7) is 1.05. The number of carbonyl (C=O) groups excluding carboxylic acids is 1. The number of hydrogen-bond acceptors (Lipinski definition) is 6. The van der Waals surface area contributed by atoms with Crippen LogP contribution in [0.25, 0.3) is 5.69 Å². The van der Waals surface area contributed by atoms with Crippen LogP contribution in [0.4, 0.5) is 0 Å². The molecule has 0 bridgehead atoms. The highest BCUT2D eigenvalue weighted by Gasteiger charge is 2.45. The lowest BCUT2D eigenvalue weighted by atomic mass is 9.79. The lowest BCUT2D eigenvalue weighted by Gasteiger charge is -2.43. The van der Waals surface area contributed by atoms with E-state index in [2.05, 4.69) is 15.5 Å². The first-order chi connectivity index (χ1) is 15.2. The fraction of sp³-hybridized carbons (Fsp3) is 0.391. The van der Waals surface area contributed by atoms with E-state index in [9.17, 15) is 4.79 Å². The Morgan fingerprint density at radius 1 is 1.00 bits per heavy atom. The quantitative estimate of drug-likeness (QED) is 0.645. The van der Waals surface area contributed by atoms with Crippen molar-refractivity contribution in [3.63, 3.8) is 0 Å². The van der Waals surface area contributed by atoms with E-state index in [1.165, 1.54) is 0 Å². The van der Waals surface area contributed by atoms with Crippen molar-refractivity contribution in [2.45, 2.75) is 37.6 Å². The van der Waals surface area contributed by atoms with Gasteiger partial charge in [-0.15, -0.1) is 5.10 Å². The van der Waals surface area contributed by atoms with Crippen LogP contribution in [-0.4, -0.2) is 51.3 Å². The Balaban J connectivity index is 1.57. The van der Waals surface area contributed by atoms with Crippen LogP contribution < -0.4 is 9.47 Å². The van der Waals surface area contributed by atoms with E-state index in [4.69, 9.17) is 9.47 Å². The normalized spacial score (nSPS) is 17.2. The van der Waals surface area contributed by atoms with E-state index in [0.29, 0.717) is 36.1 Å². The molecule has 0 radical (unpaired) electrons. The summed E-state index contributed by atoms with van der Waals surface area (Å²) >= 11 is 0. The molecule has 1 saturated carbocycles. The molecular formula is C23H25N5O3. The maximum Gasteiger partial charge on any atom is 0.254 e. The molecule has 0 unspecified atom stereocenters. The van der Waals surface area contributed by atoms with E-state index in [-0.39, 0.29) is 5.91 Å². The van der Waals surface area contributed by atoms with Crippen molar-refractivity contribution in [2.24, 2.45) is 0 Å². The first kappa shape index (κ1) is 19.5. The van der Waals surface area contributed by atoms with E-state index in [1.807, 2.05) is 60.5 Å². The predicted molar refractivity (Wildman–Crippen MR) is 113 cm³/mol. The lowest BCUT2D eigenvalue weighted by molar-refractivity contribution is 0.0386. The third-order valence-corrected chi connectivity index (χ3v) is 6.30. The summed E-state index contributed by atoms with van der Waals surface area (Å²) in [7, 11) is 1.86. The van der Waals surface area contributed by atoms with E-state index < -0.39 is 5.54 Å². The molecule has 1 aliphatic carbocycles. The number of hydrogen-bond donors (Lipinski definition) is 0. The number of rotatable bonds is 4. The van der Waals surface area contributed by atoms with Crippen molar-refractivity contribution >= 4 is 5.91 Å². The second-order valence-corrected chi connectivity index (χ2v) is 8.06. The molecule has 31 heavy (non-hydrogen) atoms. The van der Waals surface area contributed by atoms with Crippen molar-refractivity contribution in [3.8, 4) is 17.2 Å². The summed E-state index contributed by atoms with van der Waals surface area (Å²) in [5, 5.41) is 12.7. The molecule has 1 fully saturated rings. The maximum absolute atomic E-state index is 13.4. The lowest BCUT2D eigenvalue weighted by Crippen LogP contribution is -2.50. The smallest absolute Gasteiger partial charge is 0.254 e. The molecule has 1 aliphatic heterocycles. The Morgan fingerprint density at radius 3 is 2.52 bits per heavy atom. The molecule has 5 rings (SSSR count). The number of aromatic nitrogens is 4. The fourth-order valence-electron chi connectivity index (χ4n) is 4.63. The standard InChI is InChI=1S/C23H25N5O3/c1-27(21(29)17-8-4-2-5-9-17)23(12-6-3-7-13-23)22-24-25-26-28(22)18-10-11-19-20(16-18)31-15-14-30-19/h2,4-5,8-11,16H,3,6-7,12-15H2,1H3. The third-order valence-electron chi connectivity index (χ3n) is 6.30. The molecule has 1 amide bonds. The second kappa shape index (κ2) is 8.02. The molecule has 1 aromatic heterocycles. The molecule has 2 aliphatic rings. The van der Waals surface area contributed by atoms with Gasteiger partial charge in [0.1, 0.15) is 18.8 Å². The summed E-state index contributed by atoms with van der Waals surface area (Å²) in [5.74, 6) is 2.04. The monoisotopic (exact) mass is 419 g/mol. The third kappa shape index (κ3) is 3.41. The molecule has 0 saturated heterocycles. The van der Waals surface area contributed by atoms with Gasteiger partial charge in [-0.1, -0.05) is 37.5 Å². The number of tetrazole rings is 1. The van der Waals surface area contributed by atoms with Crippen LogP contribution in [0.2, 0.25) is 0 Å². The zero-order valence-electron chi connectivity index (χ0n) is 17.5. The van der Waals surface area contributed by atoms with Crippen LogP contribution in [-0.2, 0) is 5.54 Å². The summed E-state index contributed by atoms with van der Waals surface area (Å²) in [6, 6.07) is 15.1. The highest BCUT2D eigenvalue weighted by atomic mass is 16.6. The van der Waals surface area contributed by atoms with Gasteiger partial charge < -0.3 is 14.4 Å². The summed E-state index contributed by atoms with van der Waals surface area (Å²) in [6.07, 6.45) is 4.79. The molecule has 160 valence electrons. The van der Waals surface area contributed by atoms with Crippen LogP contribution in [0.3, 0.4) is 0 Å². The topological polar surface area (TPSA) is 82.4 Å². The molecule has 8 heteroatoms. The van der Waals surface area contributed by atoms with Crippen molar-refractivity contribution in [2.75, 3.05) is 20.3 Å². The van der Waals surface area contributed by atoms with Crippen molar-refractivity contribution in [3.05, 3.63) is 59.9 Å². The Bertz CT molecular complexity index is 1080. The van der Waals surface area contributed by atoms with E-state index >= 15 is 0 Å². The minimum Gasteiger partial charge on any atom is -0.486 e. The number of fused-ring (bicyclic) bond motifs is 1. The van der Waals surface area contributed by atoms with Gasteiger partial charge in [-0.25, -0.2) is 0 Å². The Hall–Kier alpha value is -3.42. The van der Waals surface area contributed by atoms with Gasteiger partial charge in [-0.2, -0.15) is 4.68 Å². The van der Waals surface area contributed by atoms with Crippen LogP contribution in [0.15, 0.2) is 48.5 Å². The Morgan fingerprint density at radius 2 is 1.74 bits per heavy atom. The minimum atomic E-state index is -0.581. The Kier molecular flexibility index (Phi) is 5.05. The highest BCUT2D eigenvalue weighted by Crippen LogP contribution is 2.42. The second-order valence-electron chi connectivity index (χ2n) is 8.06. The number of nitrogens with zero attached hydrogens (tertiary/aromatic N) is 5. The molecule has 2 heterocycles. The zero-order chi connectivity index (χ0) is 21.3. The number of ether oxygens (including phenoxy) is 2. The molecule has 0 atom stereocenters. The average Bonchev–Trinajstić information content (AvgIpc) is 3.34. The summed E-state index contributed by atoms with van der Waals surface area (Å²) in [4.78, 5) is 15.2. The average molecular weight is 419 g/mol. The molecule has 0 N–H and O–H groups in total. The van der Waals surface area contributed by atoms with Crippen LogP contribution in [0.5, 0.6) is 11.5 Å². The van der Waals surface area contributed by atoms with Gasteiger partial charge in [-0.05, 0) is 47.5 Å².